The third-order valence-electron chi connectivity index (χ3n) is 4.34. The average Bonchev–Trinajstić information content (AvgIpc) is 2.97. The number of carboxylic acids is 1. The summed E-state index contributed by atoms with van der Waals surface area (Å²) in [5.74, 6) is -1.15. The van der Waals surface area contributed by atoms with Crippen LogP contribution in [0.4, 0.5) is 0 Å². The molecule has 1 saturated carbocycles. The van der Waals surface area contributed by atoms with Crippen LogP contribution in [0.3, 0.4) is 0 Å². The highest BCUT2D eigenvalue weighted by Crippen LogP contribution is 2.24. The maximum Gasteiger partial charge on any atom is 0.323 e. The Bertz CT molecular complexity index is 405. The van der Waals surface area contributed by atoms with Crippen LogP contribution in [0.2, 0.25) is 0 Å². The molecule has 0 aliphatic heterocycles. The monoisotopic (exact) mass is 312 g/mol. The molecule has 2 unspecified atom stereocenters. The minimum absolute atomic E-state index is 0.0196. The maximum absolute atomic E-state index is 12.3. The molecule has 1 aliphatic rings. The van der Waals surface area contributed by atoms with Crippen LogP contribution in [0.25, 0.3) is 0 Å². The van der Waals surface area contributed by atoms with Crippen molar-refractivity contribution in [2.45, 2.75) is 71.4 Å². The molecule has 1 aliphatic carbocycles. The molecule has 0 aromatic heterocycles. The van der Waals surface area contributed by atoms with Gasteiger partial charge in [0.15, 0.2) is 0 Å². The minimum atomic E-state index is -1.02. The Balaban J connectivity index is 2.52. The fourth-order valence-electron chi connectivity index (χ4n) is 2.83. The van der Waals surface area contributed by atoms with Gasteiger partial charge in [-0.2, -0.15) is 0 Å². The maximum atomic E-state index is 12.3. The number of carbonyl (C=O) groups is 3. The molecule has 0 aromatic rings. The molecular formula is C16H28N2O4. The van der Waals surface area contributed by atoms with Crippen LogP contribution in [0.5, 0.6) is 0 Å². The molecule has 0 aromatic carbocycles. The summed E-state index contributed by atoms with van der Waals surface area (Å²) in [4.78, 5) is 36.6. The van der Waals surface area contributed by atoms with Gasteiger partial charge in [-0.25, -0.2) is 0 Å². The smallest absolute Gasteiger partial charge is 0.323 e. The number of carbonyl (C=O) groups excluding carboxylic acids is 2. The zero-order chi connectivity index (χ0) is 16.7. The summed E-state index contributed by atoms with van der Waals surface area (Å²) in [7, 11) is 0. The van der Waals surface area contributed by atoms with E-state index in [0.717, 1.165) is 25.7 Å². The van der Waals surface area contributed by atoms with Crippen LogP contribution >= 0.6 is 0 Å². The number of amides is 2. The second-order valence-corrected chi connectivity index (χ2v) is 6.27. The van der Waals surface area contributed by atoms with Crippen LogP contribution in [0.1, 0.15) is 59.3 Å². The van der Waals surface area contributed by atoms with Gasteiger partial charge in [-0.3, -0.25) is 14.4 Å². The van der Waals surface area contributed by atoms with Gasteiger partial charge in [0.25, 0.3) is 0 Å². The number of nitrogens with one attached hydrogen (secondary N) is 1. The van der Waals surface area contributed by atoms with Crippen molar-refractivity contribution >= 4 is 17.8 Å². The van der Waals surface area contributed by atoms with Gasteiger partial charge < -0.3 is 15.3 Å². The Morgan fingerprint density at radius 3 is 2.32 bits per heavy atom. The number of nitrogens with zero attached hydrogens (tertiary/aromatic N) is 1. The van der Waals surface area contributed by atoms with E-state index >= 15 is 0 Å². The zero-order valence-electron chi connectivity index (χ0n) is 13.8. The number of carboxylic acid groups (broad SMARTS) is 1. The van der Waals surface area contributed by atoms with Crippen LogP contribution in [-0.4, -0.2) is 46.4 Å². The molecule has 2 N–H and O–H groups in total. The van der Waals surface area contributed by atoms with Gasteiger partial charge in [-0.15, -0.1) is 0 Å². The van der Waals surface area contributed by atoms with Crippen LogP contribution in [0, 0.1) is 5.92 Å². The van der Waals surface area contributed by atoms with E-state index in [-0.39, 0.29) is 42.8 Å². The van der Waals surface area contributed by atoms with E-state index in [1.54, 1.807) is 6.92 Å². The average molecular weight is 312 g/mol. The molecule has 6 nitrogen and oxygen atoms in total. The third-order valence-corrected chi connectivity index (χ3v) is 4.34. The molecule has 6 heteroatoms. The highest BCUT2D eigenvalue weighted by molar-refractivity contribution is 5.83. The van der Waals surface area contributed by atoms with Crippen molar-refractivity contribution in [2.75, 3.05) is 6.54 Å². The van der Waals surface area contributed by atoms with Gasteiger partial charge in [0.1, 0.15) is 6.54 Å². The van der Waals surface area contributed by atoms with Crippen molar-refractivity contribution in [1.29, 1.82) is 0 Å². The molecule has 126 valence electrons. The van der Waals surface area contributed by atoms with Gasteiger partial charge in [0.2, 0.25) is 11.8 Å². The summed E-state index contributed by atoms with van der Waals surface area (Å²) in [5, 5.41) is 11.8. The Morgan fingerprint density at radius 2 is 1.82 bits per heavy atom. The highest BCUT2D eigenvalue weighted by atomic mass is 16.4. The van der Waals surface area contributed by atoms with Crippen molar-refractivity contribution < 1.29 is 19.5 Å². The first kappa shape index (κ1) is 18.5. The summed E-state index contributed by atoms with van der Waals surface area (Å²) < 4.78 is 0. The number of aliphatic carboxylic acids is 1. The largest absolute Gasteiger partial charge is 0.480 e. The third kappa shape index (κ3) is 5.66. The van der Waals surface area contributed by atoms with Crippen molar-refractivity contribution in [3.05, 3.63) is 0 Å². The van der Waals surface area contributed by atoms with Gasteiger partial charge in [-0.1, -0.05) is 19.8 Å². The summed E-state index contributed by atoms with van der Waals surface area (Å²) in [6, 6.07) is -0.401. The molecule has 0 saturated heterocycles. The topological polar surface area (TPSA) is 86.7 Å². The molecule has 0 bridgehead atoms. The molecule has 0 radical (unpaired) electrons. The Labute approximate surface area is 132 Å². The lowest BCUT2D eigenvalue weighted by molar-refractivity contribution is -0.146. The van der Waals surface area contributed by atoms with E-state index in [1.807, 2.05) is 13.8 Å². The Morgan fingerprint density at radius 1 is 1.23 bits per heavy atom. The molecule has 0 spiro atoms. The standard InChI is InChI=1S/C16H28N2O4/c1-4-12(3)18(10-15(20)21)14(19)9-11(2)17-16(22)13-7-5-6-8-13/h11-13H,4-10H2,1-3H3,(H,17,22)(H,20,21). The molecular weight excluding hydrogens is 284 g/mol. The number of hydrogen-bond acceptors (Lipinski definition) is 3. The summed E-state index contributed by atoms with van der Waals surface area (Å²) >= 11 is 0. The lowest BCUT2D eigenvalue weighted by Crippen LogP contribution is -2.45. The van der Waals surface area contributed by atoms with Gasteiger partial charge in [-0.05, 0) is 33.1 Å². The molecule has 1 fully saturated rings. The van der Waals surface area contributed by atoms with E-state index in [4.69, 9.17) is 5.11 Å². The predicted molar refractivity (Wildman–Crippen MR) is 83.3 cm³/mol. The number of hydrogen-bond donors (Lipinski definition) is 2. The first-order chi connectivity index (χ1) is 10.3. The molecule has 0 heterocycles. The summed E-state index contributed by atoms with van der Waals surface area (Å²) in [6.45, 7) is 5.25. The van der Waals surface area contributed by atoms with E-state index in [0.29, 0.717) is 6.42 Å². The zero-order valence-corrected chi connectivity index (χ0v) is 13.8. The van der Waals surface area contributed by atoms with Gasteiger partial charge >= 0.3 is 5.97 Å². The second-order valence-electron chi connectivity index (χ2n) is 6.27. The SMILES string of the molecule is CCC(C)N(CC(=O)O)C(=O)CC(C)NC(=O)C1CCCC1. The first-order valence-electron chi connectivity index (χ1n) is 8.16. The van der Waals surface area contributed by atoms with Crippen molar-refractivity contribution in [1.82, 2.24) is 10.2 Å². The lowest BCUT2D eigenvalue weighted by Gasteiger charge is -2.28. The molecule has 2 atom stereocenters. The fraction of sp³-hybridized carbons (Fsp3) is 0.812. The summed E-state index contributed by atoms with van der Waals surface area (Å²) in [6.07, 6.45) is 4.85. The quantitative estimate of drug-likeness (QED) is 0.715. The van der Waals surface area contributed by atoms with Crippen molar-refractivity contribution in [3.8, 4) is 0 Å². The van der Waals surface area contributed by atoms with E-state index < -0.39 is 5.97 Å². The van der Waals surface area contributed by atoms with E-state index in [9.17, 15) is 14.4 Å². The molecule has 1 rings (SSSR count). The predicted octanol–water partition coefficient (Wildman–Crippen LogP) is 1.78. The highest BCUT2D eigenvalue weighted by Gasteiger charge is 2.26. The second kappa shape index (κ2) is 8.76. The Hall–Kier alpha value is -1.59. The van der Waals surface area contributed by atoms with Crippen molar-refractivity contribution in [3.63, 3.8) is 0 Å². The van der Waals surface area contributed by atoms with E-state index in [2.05, 4.69) is 5.32 Å². The van der Waals surface area contributed by atoms with Crippen molar-refractivity contribution in [2.24, 2.45) is 5.92 Å². The van der Waals surface area contributed by atoms with Gasteiger partial charge in [0.05, 0.1) is 0 Å². The summed E-state index contributed by atoms with van der Waals surface area (Å²) in [5.41, 5.74) is 0. The Kier molecular flexibility index (Phi) is 7.35. The fourth-order valence-corrected chi connectivity index (χ4v) is 2.83. The first-order valence-corrected chi connectivity index (χ1v) is 8.16. The van der Waals surface area contributed by atoms with Crippen LogP contribution in [0.15, 0.2) is 0 Å². The van der Waals surface area contributed by atoms with Gasteiger partial charge in [0, 0.05) is 24.4 Å². The minimum Gasteiger partial charge on any atom is -0.480 e. The van der Waals surface area contributed by atoms with E-state index in [1.165, 1.54) is 4.90 Å². The van der Waals surface area contributed by atoms with Crippen LogP contribution in [-0.2, 0) is 14.4 Å². The lowest BCUT2D eigenvalue weighted by atomic mass is 10.1. The number of rotatable bonds is 8. The molecule has 22 heavy (non-hydrogen) atoms. The molecule has 2 amide bonds. The normalized spacial score (nSPS) is 17.8. The van der Waals surface area contributed by atoms with Crippen LogP contribution < -0.4 is 5.32 Å².